The van der Waals surface area contributed by atoms with Crippen LogP contribution in [-0.2, 0) is 4.79 Å². The Labute approximate surface area is 112 Å². The summed E-state index contributed by atoms with van der Waals surface area (Å²) in [6, 6.07) is 8.31. The molecule has 3 rings (SSSR count). The minimum atomic E-state index is 0.0734. The molecule has 0 radical (unpaired) electrons. The Morgan fingerprint density at radius 3 is 3.11 bits per heavy atom. The predicted molar refractivity (Wildman–Crippen MR) is 74.0 cm³/mol. The molecule has 1 atom stereocenters. The number of benzene rings is 1. The van der Waals surface area contributed by atoms with Crippen LogP contribution < -0.4 is 5.32 Å². The molecule has 0 bridgehead atoms. The van der Waals surface area contributed by atoms with Crippen molar-refractivity contribution in [3.05, 3.63) is 29.8 Å². The topological polar surface area (TPSA) is 32.3 Å². The fraction of sp³-hybridized carbons (Fsp3) is 0.500. The lowest BCUT2D eigenvalue weighted by Crippen LogP contribution is -2.37. The molecule has 0 aromatic heterocycles. The molecule has 96 valence electrons. The Bertz CT molecular complexity index is 441. The standard InChI is InChI=1S/C14H18N2OS/c17-14(16-8-3-6-15-7-9-16)12-10-18-13-5-2-1-4-11(12)13/h1-2,4-5,12,15H,3,6-10H2. The molecular weight excluding hydrogens is 244 g/mol. The molecule has 1 unspecified atom stereocenters. The van der Waals surface area contributed by atoms with Gasteiger partial charge in [-0.3, -0.25) is 4.79 Å². The Kier molecular flexibility index (Phi) is 3.57. The maximum Gasteiger partial charge on any atom is 0.231 e. The van der Waals surface area contributed by atoms with E-state index in [4.69, 9.17) is 0 Å². The molecule has 1 N–H and O–H groups in total. The van der Waals surface area contributed by atoms with E-state index in [9.17, 15) is 4.79 Å². The fourth-order valence-corrected chi connectivity index (χ4v) is 3.87. The van der Waals surface area contributed by atoms with Gasteiger partial charge in [-0.2, -0.15) is 0 Å². The summed E-state index contributed by atoms with van der Waals surface area (Å²) in [4.78, 5) is 15.9. The number of nitrogens with one attached hydrogen (secondary N) is 1. The molecule has 3 nitrogen and oxygen atoms in total. The second-order valence-electron chi connectivity index (χ2n) is 4.83. The highest BCUT2D eigenvalue weighted by Gasteiger charge is 2.32. The molecule has 1 aromatic rings. The summed E-state index contributed by atoms with van der Waals surface area (Å²) in [5.74, 6) is 1.29. The lowest BCUT2D eigenvalue weighted by Gasteiger charge is -2.23. The smallest absolute Gasteiger partial charge is 0.231 e. The Morgan fingerprint density at radius 2 is 2.17 bits per heavy atom. The van der Waals surface area contributed by atoms with Crippen molar-refractivity contribution < 1.29 is 4.79 Å². The monoisotopic (exact) mass is 262 g/mol. The van der Waals surface area contributed by atoms with Crippen LogP contribution in [0.4, 0.5) is 0 Å². The van der Waals surface area contributed by atoms with E-state index in [1.54, 1.807) is 0 Å². The zero-order valence-electron chi connectivity index (χ0n) is 10.4. The van der Waals surface area contributed by atoms with Gasteiger partial charge in [0.25, 0.3) is 0 Å². The molecule has 1 amide bonds. The van der Waals surface area contributed by atoms with Crippen molar-refractivity contribution in [1.82, 2.24) is 10.2 Å². The molecule has 1 fully saturated rings. The molecule has 4 heteroatoms. The summed E-state index contributed by atoms with van der Waals surface area (Å²) in [7, 11) is 0. The van der Waals surface area contributed by atoms with Crippen LogP contribution in [0.1, 0.15) is 17.9 Å². The van der Waals surface area contributed by atoms with E-state index in [0.29, 0.717) is 5.91 Å². The second kappa shape index (κ2) is 5.33. The van der Waals surface area contributed by atoms with Gasteiger partial charge in [-0.15, -0.1) is 11.8 Å². The molecule has 2 aliphatic rings. The number of hydrogen-bond acceptors (Lipinski definition) is 3. The second-order valence-corrected chi connectivity index (χ2v) is 5.89. The van der Waals surface area contributed by atoms with Crippen LogP contribution in [0.2, 0.25) is 0 Å². The molecule has 1 aromatic carbocycles. The van der Waals surface area contributed by atoms with E-state index in [0.717, 1.165) is 38.4 Å². The highest BCUT2D eigenvalue weighted by atomic mass is 32.2. The average Bonchev–Trinajstić information content (AvgIpc) is 2.65. The van der Waals surface area contributed by atoms with Gasteiger partial charge in [-0.05, 0) is 24.6 Å². The van der Waals surface area contributed by atoms with Crippen LogP contribution in [0.3, 0.4) is 0 Å². The summed E-state index contributed by atoms with van der Waals surface area (Å²) in [5, 5.41) is 3.34. The maximum atomic E-state index is 12.6. The number of carbonyl (C=O) groups is 1. The van der Waals surface area contributed by atoms with Crippen LogP contribution in [0, 0.1) is 0 Å². The van der Waals surface area contributed by atoms with Gasteiger partial charge >= 0.3 is 0 Å². The third-order valence-corrected chi connectivity index (χ3v) is 4.83. The molecule has 18 heavy (non-hydrogen) atoms. The maximum absolute atomic E-state index is 12.6. The Morgan fingerprint density at radius 1 is 1.28 bits per heavy atom. The lowest BCUT2D eigenvalue weighted by atomic mass is 10.00. The molecule has 2 heterocycles. The SMILES string of the molecule is O=C(C1CSc2ccccc21)N1CCCNCC1. The van der Waals surface area contributed by atoms with E-state index >= 15 is 0 Å². The third-order valence-electron chi connectivity index (χ3n) is 3.65. The van der Waals surface area contributed by atoms with Crippen LogP contribution in [0.5, 0.6) is 0 Å². The van der Waals surface area contributed by atoms with Gasteiger partial charge in [0.05, 0.1) is 5.92 Å². The summed E-state index contributed by atoms with van der Waals surface area (Å²) in [6.45, 7) is 3.70. The first kappa shape index (κ1) is 12.1. The van der Waals surface area contributed by atoms with Gasteiger partial charge in [0, 0.05) is 30.3 Å². The van der Waals surface area contributed by atoms with Crippen LogP contribution in [0.15, 0.2) is 29.2 Å². The van der Waals surface area contributed by atoms with Crippen molar-refractivity contribution in [3.8, 4) is 0 Å². The number of fused-ring (bicyclic) bond motifs is 1. The molecule has 1 saturated heterocycles. The van der Waals surface area contributed by atoms with E-state index in [1.807, 2.05) is 22.7 Å². The summed E-state index contributed by atoms with van der Waals surface area (Å²) in [5.41, 5.74) is 1.23. The molecular formula is C14H18N2OS. The predicted octanol–water partition coefficient (Wildman–Crippen LogP) is 1.70. The van der Waals surface area contributed by atoms with Crippen molar-refractivity contribution in [1.29, 1.82) is 0 Å². The fourth-order valence-electron chi connectivity index (χ4n) is 2.65. The van der Waals surface area contributed by atoms with E-state index in [-0.39, 0.29) is 5.92 Å². The summed E-state index contributed by atoms with van der Waals surface area (Å²) in [6.07, 6.45) is 1.06. The largest absolute Gasteiger partial charge is 0.341 e. The van der Waals surface area contributed by atoms with Crippen LogP contribution in [-0.4, -0.2) is 42.7 Å². The number of thioether (sulfide) groups is 1. The summed E-state index contributed by atoms with van der Waals surface area (Å²) >= 11 is 1.81. The van der Waals surface area contributed by atoms with Gasteiger partial charge < -0.3 is 10.2 Å². The summed E-state index contributed by atoms with van der Waals surface area (Å²) < 4.78 is 0. The molecule has 2 aliphatic heterocycles. The number of nitrogens with zero attached hydrogens (tertiary/aromatic N) is 1. The number of hydrogen-bond donors (Lipinski definition) is 1. The van der Waals surface area contributed by atoms with E-state index in [1.165, 1.54) is 10.5 Å². The normalized spacial score (nSPS) is 23.6. The quantitative estimate of drug-likeness (QED) is 0.836. The van der Waals surface area contributed by atoms with Gasteiger partial charge in [-0.1, -0.05) is 18.2 Å². The van der Waals surface area contributed by atoms with Gasteiger partial charge in [0.15, 0.2) is 0 Å². The first-order valence-electron chi connectivity index (χ1n) is 6.57. The zero-order valence-corrected chi connectivity index (χ0v) is 11.2. The van der Waals surface area contributed by atoms with E-state index < -0.39 is 0 Å². The first-order chi connectivity index (χ1) is 8.86. The van der Waals surface area contributed by atoms with Crippen molar-refractivity contribution in [2.24, 2.45) is 0 Å². The number of carbonyl (C=O) groups excluding carboxylic acids is 1. The Hall–Kier alpha value is -1.00. The lowest BCUT2D eigenvalue weighted by molar-refractivity contribution is -0.132. The van der Waals surface area contributed by atoms with Crippen molar-refractivity contribution >= 4 is 17.7 Å². The number of amides is 1. The molecule has 0 spiro atoms. The van der Waals surface area contributed by atoms with Crippen molar-refractivity contribution in [3.63, 3.8) is 0 Å². The highest BCUT2D eigenvalue weighted by molar-refractivity contribution is 7.99. The average molecular weight is 262 g/mol. The number of rotatable bonds is 1. The van der Waals surface area contributed by atoms with Gasteiger partial charge in [-0.25, -0.2) is 0 Å². The Balaban J connectivity index is 1.77. The van der Waals surface area contributed by atoms with Crippen molar-refractivity contribution in [2.45, 2.75) is 17.2 Å². The zero-order chi connectivity index (χ0) is 12.4. The molecule has 0 saturated carbocycles. The van der Waals surface area contributed by atoms with Crippen LogP contribution >= 0.6 is 11.8 Å². The van der Waals surface area contributed by atoms with E-state index in [2.05, 4.69) is 23.5 Å². The van der Waals surface area contributed by atoms with Crippen LogP contribution in [0.25, 0.3) is 0 Å². The minimum absolute atomic E-state index is 0.0734. The highest BCUT2D eigenvalue weighted by Crippen LogP contribution is 2.40. The van der Waals surface area contributed by atoms with Gasteiger partial charge in [0.2, 0.25) is 5.91 Å². The third kappa shape index (κ3) is 2.27. The first-order valence-corrected chi connectivity index (χ1v) is 7.56. The van der Waals surface area contributed by atoms with Crippen molar-refractivity contribution in [2.75, 3.05) is 31.9 Å². The molecule has 0 aliphatic carbocycles. The van der Waals surface area contributed by atoms with Gasteiger partial charge in [0.1, 0.15) is 0 Å². The minimum Gasteiger partial charge on any atom is -0.341 e.